The van der Waals surface area contributed by atoms with E-state index in [1.807, 2.05) is 0 Å². The Labute approximate surface area is 103 Å². The maximum atomic E-state index is 11.4. The lowest BCUT2D eigenvalue weighted by molar-refractivity contribution is 0.0524. The van der Waals surface area contributed by atoms with E-state index in [0.717, 1.165) is 18.2 Å². The molecule has 8 heteroatoms. The van der Waals surface area contributed by atoms with Gasteiger partial charge < -0.3 is 9.84 Å². The van der Waals surface area contributed by atoms with Crippen molar-refractivity contribution in [2.75, 3.05) is 6.61 Å². The Morgan fingerprint density at radius 2 is 1.94 bits per heavy atom. The van der Waals surface area contributed by atoms with Gasteiger partial charge in [0.1, 0.15) is 4.90 Å². The predicted molar refractivity (Wildman–Crippen MR) is 59.2 cm³/mol. The number of rotatable bonds is 4. The number of esters is 1. The lowest BCUT2D eigenvalue weighted by atomic mass is 10.1. The van der Waals surface area contributed by atoms with E-state index in [1.54, 1.807) is 6.92 Å². The van der Waals surface area contributed by atoms with Crippen molar-refractivity contribution in [3.05, 3.63) is 29.3 Å². The molecular weight excluding hydrogens is 264 g/mol. The second kappa shape index (κ2) is 5.15. The zero-order valence-corrected chi connectivity index (χ0v) is 10.1. The van der Waals surface area contributed by atoms with Crippen molar-refractivity contribution in [1.82, 2.24) is 0 Å². The topological polar surface area (TPSA) is 118 Å². The minimum absolute atomic E-state index is 0.0841. The molecule has 0 saturated heterocycles. The molecule has 1 rings (SSSR count). The van der Waals surface area contributed by atoms with Crippen molar-refractivity contribution in [3.63, 3.8) is 0 Å². The van der Waals surface area contributed by atoms with Crippen LogP contribution in [0.15, 0.2) is 23.1 Å². The Bertz CT molecular complexity index is 588. The monoisotopic (exact) mass is 274 g/mol. The maximum absolute atomic E-state index is 11.4. The van der Waals surface area contributed by atoms with Gasteiger partial charge in [0.2, 0.25) is 0 Å². The molecule has 98 valence electrons. The number of carboxylic acid groups (broad SMARTS) is 1. The summed E-state index contributed by atoms with van der Waals surface area (Å²) in [4.78, 5) is 21.3. The summed E-state index contributed by atoms with van der Waals surface area (Å²) in [6, 6.07) is 2.78. The summed E-state index contributed by atoms with van der Waals surface area (Å²) in [6.07, 6.45) is 0. The fourth-order valence-electron chi connectivity index (χ4n) is 1.25. The van der Waals surface area contributed by atoms with E-state index >= 15 is 0 Å². The normalized spacial score (nSPS) is 11.0. The number of carboxylic acids is 1. The molecule has 0 aliphatic heterocycles. The van der Waals surface area contributed by atoms with Crippen LogP contribution in [0.1, 0.15) is 27.6 Å². The molecular formula is C10H10O7S. The fraction of sp³-hybridized carbons (Fsp3) is 0.200. The largest absolute Gasteiger partial charge is 0.478 e. The molecule has 0 unspecified atom stereocenters. The smallest absolute Gasteiger partial charge is 0.338 e. The van der Waals surface area contributed by atoms with Crippen LogP contribution in [-0.4, -0.2) is 36.6 Å². The minimum Gasteiger partial charge on any atom is -0.478 e. The van der Waals surface area contributed by atoms with Crippen LogP contribution >= 0.6 is 0 Å². The van der Waals surface area contributed by atoms with Crippen LogP contribution in [0.3, 0.4) is 0 Å². The number of hydrogen-bond donors (Lipinski definition) is 2. The van der Waals surface area contributed by atoms with Crippen molar-refractivity contribution in [3.8, 4) is 0 Å². The number of ether oxygens (including phenoxy) is 1. The number of benzene rings is 1. The molecule has 0 radical (unpaired) electrons. The third kappa shape index (κ3) is 3.05. The highest BCUT2D eigenvalue weighted by Crippen LogP contribution is 2.18. The van der Waals surface area contributed by atoms with Crippen LogP contribution in [0.2, 0.25) is 0 Å². The van der Waals surface area contributed by atoms with Crippen LogP contribution in [-0.2, 0) is 14.9 Å². The molecule has 0 bridgehead atoms. The van der Waals surface area contributed by atoms with E-state index < -0.39 is 32.5 Å². The molecule has 0 amide bonds. The third-order valence-corrected chi connectivity index (χ3v) is 2.89. The van der Waals surface area contributed by atoms with Gasteiger partial charge in [0, 0.05) is 0 Å². The van der Waals surface area contributed by atoms with Gasteiger partial charge in [0.05, 0.1) is 17.7 Å². The number of carbonyl (C=O) groups excluding carboxylic acids is 1. The fourth-order valence-corrected chi connectivity index (χ4v) is 1.96. The molecule has 0 fully saturated rings. The van der Waals surface area contributed by atoms with Crippen molar-refractivity contribution in [2.24, 2.45) is 0 Å². The van der Waals surface area contributed by atoms with E-state index in [1.165, 1.54) is 0 Å². The van der Waals surface area contributed by atoms with Crippen molar-refractivity contribution in [1.29, 1.82) is 0 Å². The molecule has 2 N–H and O–H groups in total. The van der Waals surface area contributed by atoms with E-state index in [0.29, 0.717) is 0 Å². The Hall–Kier alpha value is -1.93. The Balaban J connectivity index is 3.40. The van der Waals surface area contributed by atoms with Crippen LogP contribution in [0, 0.1) is 0 Å². The lowest BCUT2D eigenvalue weighted by Gasteiger charge is -2.06. The number of aromatic carboxylic acids is 1. The first-order valence-electron chi connectivity index (χ1n) is 4.79. The van der Waals surface area contributed by atoms with E-state index in [4.69, 9.17) is 9.66 Å². The summed E-state index contributed by atoms with van der Waals surface area (Å²) in [7, 11) is -4.74. The second-order valence-electron chi connectivity index (χ2n) is 3.21. The second-order valence-corrected chi connectivity index (χ2v) is 4.60. The number of hydrogen-bond acceptors (Lipinski definition) is 5. The summed E-state index contributed by atoms with van der Waals surface area (Å²) >= 11 is 0. The lowest BCUT2D eigenvalue weighted by Crippen LogP contribution is -2.11. The maximum Gasteiger partial charge on any atom is 0.338 e. The van der Waals surface area contributed by atoms with E-state index in [9.17, 15) is 18.0 Å². The van der Waals surface area contributed by atoms with Gasteiger partial charge in [-0.1, -0.05) is 0 Å². The van der Waals surface area contributed by atoms with Gasteiger partial charge >= 0.3 is 11.9 Å². The Kier molecular flexibility index (Phi) is 4.04. The predicted octanol–water partition coefficient (Wildman–Crippen LogP) is 0.808. The van der Waals surface area contributed by atoms with Crippen LogP contribution in [0.25, 0.3) is 0 Å². The van der Waals surface area contributed by atoms with E-state index in [2.05, 4.69) is 4.74 Å². The van der Waals surface area contributed by atoms with Crippen LogP contribution in [0.5, 0.6) is 0 Å². The Morgan fingerprint density at radius 1 is 1.33 bits per heavy atom. The molecule has 7 nitrogen and oxygen atoms in total. The molecule has 0 spiro atoms. The highest BCUT2D eigenvalue weighted by molar-refractivity contribution is 7.86. The molecule has 0 saturated carbocycles. The standard InChI is InChI=1S/C10H10O7S/c1-2-17-10(13)6-3-4-7(9(11)12)8(5-6)18(14,15)16/h3-5H,2H2,1H3,(H,11,12)(H,14,15,16). The third-order valence-electron chi connectivity index (χ3n) is 2.00. The zero-order valence-electron chi connectivity index (χ0n) is 9.28. The summed E-state index contributed by atoms with van der Waals surface area (Å²) < 4.78 is 35.6. The van der Waals surface area contributed by atoms with Crippen molar-refractivity contribution >= 4 is 22.1 Å². The zero-order chi connectivity index (χ0) is 13.9. The van der Waals surface area contributed by atoms with Gasteiger partial charge in [-0.05, 0) is 25.1 Å². The first-order valence-corrected chi connectivity index (χ1v) is 6.23. The van der Waals surface area contributed by atoms with Crippen LogP contribution in [0.4, 0.5) is 0 Å². The average Bonchev–Trinajstić information content (AvgIpc) is 2.27. The molecule has 0 aromatic heterocycles. The van der Waals surface area contributed by atoms with Gasteiger partial charge in [-0.2, -0.15) is 8.42 Å². The first-order chi connectivity index (χ1) is 8.27. The highest BCUT2D eigenvalue weighted by atomic mass is 32.2. The molecule has 1 aromatic carbocycles. The quantitative estimate of drug-likeness (QED) is 0.616. The van der Waals surface area contributed by atoms with Gasteiger partial charge in [0.15, 0.2) is 0 Å². The summed E-state index contributed by atoms with van der Waals surface area (Å²) in [5.74, 6) is -2.34. The van der Waals surface area contributed by atoms with Crippen molar-refractivity contribution < 1.29 is 32.4 Å². The molecule has 0 aliphatic rings. The number of carbonyl (C=O) groups is 2. The van der Waals surface area contributed by atoms with Crippen molar-refractivity contribution in [2.45, 2.75) is 11.8 Å². The van der Waals surface area contributed by atoms with Gasteiger partial charge in [-0.3, -0.25) is 4.55 Å². The van der Waals surface area contributed by atoms with E-state index in [-0.39, 0.29) is 12.2 Å². The summed E-state index contributed by atoms with van der Waals surface area (Å²) in [5, 5.41) is 8.77. The van der Waals surface area contributed by atoms with Crippen LogP contribution < -0.4 is 0 Å². The molecule has 1 aromatic rings. The molecule has 0 aliphatic carbocycles. The minimum atomic E-state index is -4.74. The SMILES string of the molecule is CCOC(=O)c1ccc(C(=O)O)c(S(=O)(=O)O)c1. The molecule has 18 heavy (non-hydrogen) atoms. The molecule has 0 atom stereocenters. The summed E-state index contributed by atoms with van der Waals surface area (Å²) in [5.41, 5.74) is -0.778. The van der Waals surface area contributed by atoms with Gasteiger partial charge in [0.25, 0.3) is 10.1 Å². The average molecular weight is 274 g/mol. The molecule has 0 heterocycles. The van der Waals surface area contributed by atoms with Gasteiger partial charge in [-0.15, -0.1) is 0 Å². The Morgan fingerprint density at radius 3 is 2.39 bits per heavy atom. The first kappa shape index (κ1) is 14.1. The highest BCUT2D eigenvalue weighted by Gasteiger charge is 2.22. The van der Waals surface area contributed by atoms with Gasteiger partial charge in [-0.25, -0.2) is 9.59 Å². The summed E-state index contributed by atoms with van der Waals surface area (Å²) in [6.45, 7) is 1.65.